The lowest BCUT2D eigenvalue weighted by molar-refractivity contribution is -0.189. The van der Waals surface area contributed by atoms with Crippen LogP contribution in [-0.2, 0) is 5.54 Å². The third-order valence-corrected chi connectivity index (χ3v) is 5.91. The van der Waals surface area contributed by atoms with Gasteiger partial charge in [-0.3, -0.25) is 4.68 Å². The van der Waals surface area contributed by atoms with Gasteiger partial charge in [0.15, 0.2) is 0 Å². The van der Waals surface area contributed by atoms with Crippen LogP contribution in [0, 0.1) is 30.0 Å². The summed E-state index contributed by atoms with van der Waals surface area (Å²) in [6, 6.07) is 2.15. The zero-order valence-corrected chi connectivity index (χ0v) is 18.5. The van der Waals surface area contributed by atoms with Crippen molar-refractivity contribution in [2.45, 2.75) is 70.4 Å². The van der Waals surface area contributed by atoms with Gasteiger partial charge in [0.05, 0.1) is 36.5 Å². The smallest absolute Gasteiger partial charge is 0.273 e. The number of nitriles is 1. The fourth-order valence-corrected chi connectivity index (χ4v) is 3.51. The van der Waals surface area contributed by atoms with E-state index in [1.165, 1.54) is 4.68 Å². The molecule has 2 heterocycles. The Labute approximate surface area is 184 Å². The number of nitrogens with zero attached hydrogens (tertiary/aromatic N) is 5. The molecule has 2 aromatic rings. The molecular formula is C21H27F3N6O2. The van der Waals surface area contributed by atoms with E-state index < -0.39 is 22.9 Å². The molecule has 11 heteroatoms. The number of hydrogen-bond donors (Lipinski definition) is 2. The van der Waals surface area contributed by atoms with E-state index in [0.29, 0.717) is 24.2 Å². The highest BCUT2D eigenvalue weighted by Crippen LogP contribution is 2.42. The van der Waals surface area contributed by atoms with Gasteiger partial charge in [0.2, 0.25) is 11.8 Å². The van der Waals surface area contributed by atoms with Crippen molar-refractivity contribution in [3.63, 3.8) is 0 Å². The van der Waals surface area contributed by atoms with Crippen molar-refractivity contribution in [1.82, 2.24) is 19.7 Å². The number of nitrogens with one attached hydrogen (secondary N) is 1. The lowest BCUT2D eigenvalue weighted by Crippen LogP contribution is -2.49. The highest BCUT2D eigenvalue weighted by Gasteiger charge is 2.50. The van der Waals surface area contributed by atoms with Gasteiger partial charge in [-0.1, -0.05) is 0 Å². The summed E-state index contributed by atoms with van der Waals surface area (Å²) in [5, 5.41) is 26.6. The van der Waals surface area contributed by atoms with Gasteiger partial charge < -0.3 is 15.2 Å². The van der Waals surface area contributed by atoms with Crippen LogP contribution in [0.25, 0.3) is 0 Å². The second-order valence-corrected chi connectivity index (χ2v) is 8.89. The lowest BCUT2D eigenvalue weighted by atomic mass is 9.76. The fourth-order valence-electron chi connectivity index (χ4n) is 3.51. The van der Waals surface area contributed by atoms with Crippen molar-refractivity contribution in [3.8, 4) is 11.9 Å². The Hall–Kier alpha value is -2.87. The van der Waals surface area contributed by atoms with Gasteiger partial charge in [0, 0.05) is 6.92 Å². The number of hydrogen-bond acceptors (Lipinski definition) is 7. The second kappa shape index (κ2) is 8.58. The van der Waals surface area contributed by atoms with E-state index in [9.17, 15) is 23.5 Å². The number of rotatable bonds is 7. The van der Waals surface area contributed by atoms with Crippen LogP contribution in [0.2, 0.25) is 0 Å². The molecule has 0 radical (unpaired) electrons. The SMILES string of the molecule is Cc1nn(C(C)(C)C#N)cc1Nc1ncc(F)c(OCC2CCC(O)(C(C)(F)F)CC2)n1. The van der Waals surface area contributed by atoms with Gasteiger partial charge >= 0.3 is 0 Å². The minimum atomic E-state index is -3.17. The maximum Gasteiger partial charge on any atom is 0.273 e. The Bertz CT molecular complexity index is 1000. The average molecular weight is 452 g/mol. The number of alkyl halides is 2. The molecule has 0 saturated heterocycles. The molecule has 2 N–H and O–H groups in total. The van der Waals surface area contributed by atoms with E-state index in [0.717, 1.165) is 13.1 Å². The minimum Gasteiger partial charge on any atom is -0.475 e. The van der Waals surface area contributed by atoms with Crippen molar-refractivity contribution < 1.29 is 23.0 Å². The summed E-state index contributed by atoms with van der Waals surface area (Å²) in [5.41, 5.74) is -1.70. The molecule has 0 bridgehead atoms. The summed E-state index contributed by atoms with van der Waals surface area (Å²) in [6.07, 6.45) is 3.19. The first-order valence-corrected chi connectivity index (χ1v) is 10.4. The van der Waals surface area contributed by atoms with Crippen LogP contribution in [0.3, 0.4) is 0 Å². The van der Waals surface area contributed by atoms with Gasteiger partial charge in [-0.2, -0.15) is 19.7 Å². The number of aryl methyl sites for hydroxylation is 1. The molecule has 0 atom stereocenters. The molecule has 0 amide bonds. The topological polar surface area (TPSA) is 109 Å². The molecule has 32 heavy (non-hydrogen) atoms. The quantitative estimate of drug-likeness (QED) is 0.652. The molecule has 0 aliphatic heterocycles. The molecule has 8 nitrogen and oxygen atoms in total. The molecule has 1 saturated carbocycles. The van der Waals surface area contributed by atoms with Crippen LogP contribution in [0.4, 0.5) is 24.8 Å². The van der Waals surface area contributed by atoms with E-state index in [-0.39, 0.29) is 37.2 Å². The summed E-state index contributed by atoms with van der Waals surface area (Å²) in [7, 11) is 0. The molecule has 0 unspecified atom stereocenters. The summed E-state index contributed by atoms with van der Waals surface area (Å²) < 4.78 is 48.4. The van der Waals surface area contributed by atoms with Crippen LogP contribution in [0.5, 0.6) is 5.88 Å². The Morgan fingerprint density at radius 2 is 2.00 bits per heavy atom. The minimum absolute atomic E-state index is 0.0497. The standard InChI is InChI=1S/C21H27F3N6O2/c1-13-16(10-30(29-13)19(2,3)12-25)27-18-26-9-15(22)17(28-18)32-11-14-5-7-21(31,8-6-14)20(4,23)24/h9-10,14,31H,5-8,11H2,1-4H3,(H,26,27,28). The molecular weight excluding hydrogens is 425 g/mol. The number of halogens is 3. The fraction of sp³-hybridized carbons (Fsp3) is 0.619. The van der Waals surface area contributed by atoms with Gasteiger partial charge in [0.25, 0.3) is 11.8 Å². The van der Waals surface area contributed by atoms with Crippen LogP contribution >= 0.6 is 0 Å². The van der Waals surface area contributed by atoms with Crippen LogP contribution in [0.1, 0.15) is 52.1 Å². The monoisotopic (exact) mass is 452 g/mol. The third-order valence-electron chi connectivity index (χ3n) is 5.91. The van der Waals surface area contributed by atoms with Gasteiger partial charge in [-0.05, 0) is 52.4 Å². The van der Waals surface area contributed by atoms with E-state index in [4.69, 9.17) is 4.74 Å². The molecule has 3 rings (SSSR count). The summed E-state index contributed by atoms with van der Waals surface area (Å²) in [6.45, 7) is 6.00. The van der Waals surface area contributed by atoms with Crippen LogP contribution in [-0.4, -0.2) is 43.0 Å². The lowest BCUT2D eigenvalue weighted by Gasteiger charge is -2.39. The molecule has 0 spiro atoms. The van der Waals surface area contributed by atoms with Crippen molar-refractivity contribution in [1.29, 1.82) is 5.26 Å². The summed E-state index contributed by atoms with van der Waals surface area (Å²) in [5.74, 6) is -4.20. The Balaban J connectivity index is 1.64. The van der Waals surface area contributed by atoms with Crippen molar-refractivity contribution in [3.05, 3.63) is 23.9 Å². The van der Waals surface area contributed by atoms with Crippen LogP contribution < -0.4 is 10.1 Å². The van der Waals surface area contributed by atoms with Crippen molar-refractivity contribution >= 4 is 11.6 Å². The predicted octanol–water partition coefficient (Wildman–Crippen LogP) is 4.08. The largest absolute Gasteiger partial charge is 0.475 e. The molecule has 0 aromatic carbocycles. The third kappa shape index (κ3) is 4.96. The van der Waals surface area contributed by atoms with E-state index in [1.54, 1.807) is 27.0 Å². The summed E-state index contributed by atoms with van der Waals surface area (Å²) in [4.78, 5) is 7.97. The maximum absolute atomic E-state index is 14.2. The van der Waals surface area contributed by atoms with Crippen LogP contribution in [0.15, 0.2) is 12.4 Å². The number of ether oxygens (including phenoxy) is 1. The highest BCUT2D eigenvalue weighted by molar-refractivity contribution is 5.55. The zero-order chi connectivity index (χ0) is 23.7. The average Bonchev–Trinajstić information content (AvgIpc) is 3.10. The first-order valence-electron chi connectivity index (χ1n) is 10.4. The van der Waals surface area contributed by atoms with Crippen molar-refractivity contribution in [2.24, 2.45) is 5.92 Å². The molecule has 1 aliphatic carbocycles. The predicted molar refractivity (Wildman–Crippen MR) is 110 cm³/mol. The van der Waals surface area contributed by atoms with Crippen molar-refractivity contribution in [2.75, 3.05) is 11.9 Å². The Morgan fingerprint density at radius 3 is 2.59 bits per heavy atom. The normalized spacial score (nSPS) is 21.8. The van der Waals surface area contributed by atoms with E-state index in [1.807, 2.05) is 0 Å². The maximum atomic E-state index is 14.2. The number of aliphatic hydroxyl groups is 1. The van der Waals surface area contributed by atoms with E-state index in [2.05, 4.69) is 26.5 Å². The first-order chi connectivity index (χ1) is 14.8. The second-order valence-electron chi connectivity index (χ2n) is 8.89. The van der Waals surface area contributed by atoms with Gasteiger partial charge in [-0.15, -0.1) is 0 Å². The van der Waals surface area contributed by atoms with Gasteiger partial charge in [0.1, 0.15) is 11.1 Å². The number of aromatic nitrogens is 4. The molecule has 2 aromatic heterocycles. The molecule has 1 fully saturated rings. The zero-order valence-electron chi connectivity index (χ0n) is 18.5. The number of anilines is 2. The first kappa shape index (κ1) is 23.8. The van der Waals surface area contributed by atoms with Gasteiger partial charge in [-0.25, -0.2) is 13.8 Å². The Kier molecular flexibility index (Phi) is 6.38. The Morgan fingerprint density at radius 1 is 1.34 bits per heavy atom. The van der Waals surface area contributed by atoms with E-state index >= 15 is 0 Å². The highest BCUT2D eigenvalue weighted by atomic mass is 19.3. The molecule has 1 aliphatic rings. The summed E-state index contributed by atoms with van der Waals surface area (Å²) >= 11 is 0. The molecule has 174 valence electrons.